The maximum atomic E-state index is 5.96. The molecule has 0 aliphatic heterocycles. The summed E-state index contributed by atoms with van der Waals surface area (Å²) in [6, 6.07) is 12.7. The number of fused-ring (bicyclic) bond motifs is 1. The summed E-state index contributed by atoms with van der Waals surface area (Å²) in [5.41, 5.74) is 5.31. The van der Waals surface area contributed by atoms with Gasteiger partial charge in [-0.2, -0.15) is 0 Å². The van der Waals surface area contributed by atoms with Gasteiger partial charge in [-0.3, -0.25) is 0 Å². The van der Waals surface area contributed by atoms with E-state index in [1.54, 1.807) is 0 Å². The number of nitrogens with zero attached hydrogens (tertiary/aromatic N) is 1. The van der Waals surface area contributed by atoms with Crippen molar-refractivity contribution in [2.24, 2.45) is 0 Å². The molecule has 0 fully saturated rings. The maximum absolute atomic E-state index is 5.96. The molecule has 0 atom stereocenters. The molecule has 1 heterocycles. The first kappa shape index (κ1) is 15.3. The molecule has 3 heteroatoms. The lowest BCUT2D eigenvalue weighted by atomic mass is 10.0. The van der Waals surface area contributed by atoms with E-state index in [9.17, 15) is 0 Å². The Hall–Kier alpha value is -1.61. The minimum absolute atomic E-state index is 0.464. The zero-order chi connectivity index (χ0) is 15.9. The van der Waals surface area contributed by atoms with E-state index in [0.29, 0.717) is 17.7 Å². The van der Waals surface area contributed by atoms with Crippen LogP contribution >= 0.6 is 15.9 Å². The van der Waals surface area contributed by atoms with Crippen molar-refractivity contribution in [3.05, 3.63) is 52.0 Å². The van der Waals surface area contributed by atoms with E-state index in [0.717, 1.165) is 21.1 Å². The summed E-state index contributed by atoms with van der Waals surface area (Å²) < 4.78 is 6.93. The molecule has 1 aromatic heterocycles. The molecule has 0 spiro atoms. The van der Waals surface area contributed by atoms with Gasteiger partial charge in [-0.1, -0.05) is 39.8 Å². The van der Waals surface area contributed by atoms with E-state index < -0.39 is 0 Å². The summed E-state index contributed by atoms with van der Waals surface area (Å²) in [5.74, 6) is 1.67. The topological polar surface area (TPSA) is 26.0 Å². The molecular formula is C19H20BrNO. The van der Waals surface area contributed by atoms with Crippen LogP contribution in [-0.4, -0.2) is 4.98 Å². The Kier molecular flexibility index (Phi) is 4.09. The summed E-state index contributed by atoms with van der Waals surface area (Å²) in [5, 5.41) is 0. The van der Waals surface area contributed by atoms with Gasteiger partial charge in [0.2, 0.25) is 5.89 Å². The fourth-order valence-corrected chi connectivity index (χ4v) is 3.03. The Bertz CT molecular complexity index is 800. The third-order valence-corrected chi connectivity index (χ3v) is 4.55. The molecule has 114 valence electrons. The van der Waals surface area contributed by atoms with Crippen molar-refractivity contribution in [1.82, 2.24) is 4.98 Å². The van der Waals surface area contributed by atoms with Crippen molar-refractivity contribution < 1.29 is 4.42 Å². The van der Waals surface area contributed by atoms with E-state index >= 15 is 0 Å². The predicted octanol–water partition coefficient (Wildman–Crippen LogP) is 6.50. The fraction of sp³-hybridized carbons (Fsp3) is 0.316. The molecule has 0 amide bonds. The second-order valence-corrected chi connectivity index (χ2v) is 7.16. The van der Waals surface area contributed by atoms with E-state index in [1.807, 2.05) is 0 Å². The van der Waals surface area contributed by atoms with Gasteiger partial charge >= 0.3 is 0 Å². The zero-order valence-electron chi connectivity index (χ0n) is 13.4. The number of benzene rings is 2. The molecule has 2 nitrogen and oxygen atoms in total. The van der Waals surface area contributed by atoms with Crippen LogP contribution in [0, 0.1) is 0 Å². The number of hydrogen-bond acceptors (Lipinski definition) is 2. The molecule has 0 aliphatic rings. The molecule has 0 saturated carbocycles. The normalized spacial score (nSPS) is 11.8. The van der Waals surface area contributed by atoms with Crippen LogP contribution in [0.2, 0.25) is 0 Å². The Labute approximate surface area is 139 Å². The highest BCUT2D eigenvalue weighted by atomic mass is 79.9. The summed E-state index contributed by atoms with van der Waals surface area (Å²) >= 11 is 3.60. The first-order valence-electron chi connectivity index (χ1n) is 7.66. The highest BCUT2D eigenvalue weighted by Gasteiger charge is 2.13. The van der Waals surface area contributed by atoms with Gasteiger partial charge in [-0.05, 0) is 63.2 Å². The molecular weight excluding hydrogens is 338 g/mol. The van der Waals surface area contributed by atoms with Crippen molar-refractivity contribution >= 4 is 27.0 Å². The molecule has 3 aromatic rings. The quantitative estimate of drug-likeness (QED) is 0.534. The van der Waals surface area contributed by atoms with Crippen LogP contribution in [0.3, 0.4) is 0 Å². The molecule has 3 rings (SSSR count). The van der Waals surface area contributed by atoms with Gasteiger partial charge in [0.05, 0.1) is 4.47 Å². The van der Waals surface area contributed by atoms with Gasteiger partial charge in [-0.15, -0.1) is 0 Å². The van der Waals surface area contributed by atoms with Gasteiger partial charge in [0, 0.05) is 5.56 Å². The van der Waals surface area contributed by atoms with Crippen molar-refractivity contribution in [2.75, 3.05) is 0 Å². The van der Waals surface area contributed by atoms with E-state index in [1.165, 1.54) is 11.1 Å². The van der Waals surface area contributed by atoms with Crippen LogP contribution in [0.1, 0.15) is 50.7 Å². The average molecular weight is 358 g/mol. The second-order valence-electron chi connectivity index (χ2n) is 6.30. The lowest BCUT2D eigenvalue weighted by Crippen LogP contribution is -1.87. The Morgan fingerprint density at radius 2 is 1.55 bits per heavy atom. The fourth-order valence-electron chi connectivity index (χ4n) is 2.48. The van der Waals surface area contributed by atoms with Crippen LogP contribution in [0.5, 0.6) is 0 Å². The molecule has 22 heavy (non-hydrogen) atoms. The van der Waals surface area contributed by atoms with Gasteiger partial charge in [0.15, 0.2) is 5.58 Å². The average Bonchev–Trinajstić information content (AvgIpc) is 2.92. The SMILES string of the molecule is CC(C)c1ccc(-c2nc3cc(C(C)C)cc(Br)c3o2)cc1. The maximum Gasteiger partial charge on any atom is 0.227 e. The van der Waals surface area contributed by atoms with Gasteiger partial charge in [-0.25, -0.2) is 4.98 Å². The first-order valence-corrected chi connectivity index (χ1v) is 8.45. The van der Waals surface area contributed by atoms with Crippen molar-refractivity contribution in [3.63, 3.8) is 0 Å². The predicted molar refractivity (Wildman–Crippen MR) is 95.3 cm³/mol. The minimum Gasteiger partial charge on any atom is -0.435 e. The number of hydrogen-bond donors (Lipinski definition) is 0. The van der Waals surface area contributed by atoms with Gasteiger partial charge in [0.1, 0.15) is 5.52 Å². The largest absolute Gasteiger partial charge is 0.435 e. The number of oxazole rings is 1. The first-order chi connectivity index (χ1) is 10.5. The summed E-state index contributed by atoms with van der Waals surface area (Å²) in [4.78, 5) is 4.66. The molecule has 0 radical (unpaired) electrons. The van der Waals surface area contributed by atoms with E-state index in [-0.39, 0.29) is 0 Å². The highest BCUT2D eigenvalue weighted by Crippen LogP contribution is 2.33. The number of halogens is 1. The second kappa shape index (κ2) is 5.88. The standard InChI is InChI=1S/C19H20BrNO/c1-11(2)13-5-7-14(8-6-13)19-21-17-10-15(12(3)4)9-16(20)18(17)22-19/h5-12H,1-4H3. The van der Waals surface area contributed by atoms with Gasteiger partial charge in [0.25, 0.3) is 0 Å². The van der Waals surface area contributed by atoms with E-state index in [4.69, 9.17) is 4.42 Å². The number of aromatic nitrogens is 1. The summed E-state index contributed by atoms with van der Waals surface area (Å²) in [6.07, 6.45) is 0. The third kappa shape index (κ3) is 2.82. The number of rotatable bonds is 3. The Morgan fingerprint density at radius 1 is 0.909 bits per heavy atom. The van der Waals surface area contributed by atoms with Crippen LogP contribution < -0.4 is 0 Å². The minimum atomic E-state index is 0.464. The third-order valence-electron chi connectivity index (χ3n) is 3.96. The Balaban J connectivity index is 2.06. The van der Waals surface area contributed by atoms with Crippen molar-refractivity contribution in [3.8, 4) is 11.5 Å². The van der Waals surface area contributed by atoms with Crippen molar-refractivity contribution in [1.29, 1.82) is 0 Å². The highest BCUT2D eigenvalue weighted by molar-refractivity contribution is 9.10. The molecule has 0 saturated heterocycles. The molecule has 0 N–H and O–H groups in total. The van der Waals surface area contributed by atoms with E-state index in [2.05, 4.69) is 85.0 Å². The van der Waals surface area contributed by atoms with Crippen molar-refractivity contribution in [2.45, 2.75) is 39.5 Å². The Morgan fingerprint density at radius 3 is 2.14 bits per heavy atom. The molecule has 0 aliphatic carbocycles. The van der Waals surface area contributed by atoms with Crippen LogP contribution in [0.25, 0.3) is 22.6 Å². The lowest BCUT2D eigenvalue weighted by Gasteiger charge is -2.05. The van der Waals surface area contributed by atoms with Crippen LogP contribution in [0.4, 0.5) is 0 Å². The molecule has 2 aromatic carbocycles. The summed E-state index contributed by atoms with van der Waals surface area (Å²) in [7, 11) is 0. The lowest BCUT2D eigenvalue weighted by molar-refractivity contribution is 0.618. The van der Waals surface area contributed by atoms with Crippen LogP contribution in [0.15, 0.2) is 45.3 Å². The smallest absolute Gasteiger partial charge is 0.227 e. The summed E-state index contributed by atoms with van der Waals surface area (Å²) in [6.45, 7) is 8.75. The van der Waals surface area contributed by atoms with Crippen LogP contribution in [-0.2, 0) is 0 Å². The monoisotopic (exact) mass is 357 g/mol. The molecule has 0 bridgehead atoms. The van der Waals surface area contributed by atoms with Gasteiger partial charge < -0.3 is 4.42 Å². The molecule has 0 unspecified atom stereocenters. The zero-order valence-corrected chi connectivity index (χ0v) is 14.9.